The molecule has 0 spiro atoms. The van der Waals surface area contributed by atoms with Crippen LogP contribution in [0.2, 0.25) is 0 Å². The molecule has 0 aromatic carbocycles. The first-order chi connectivity index (χ1) is 15.7. The van der Waals surface area contributed by atoms with Crippen molar-refractivity contribution in [2.24, 2.45) is 23.7 Å². The molecule has 0 aliphatic heterocycles. The molecule has 7 heteroatoms. The fraction of sp³-hybridized carbons (Fsp3) is 0.769. The Balaban J connectivity index is 2.11. The second-order valence-corrected chi connectivity index (χ2v) is 9.85. The van der Waals surface area contributed by atoms with Crippen LogP contribution < -0.4 is 0 Å². The normalized spacial score (nSPS) is 28.7. The van der Waals surface area contributed by atoms with Crippen molar-refractivity contribution in [3.05, 3.63) is 23.8 Å². The molecular weight excluding hydrogens is 424 g/mol. The van der Waals surface area contributed by atoms with E-state index in [1.807, 2.05) is 12.2 Å². The van der Waals surface area contributed by atoms with Crippen LogP contribution in [-0.2, 0) is 14.3 Å². The topological polar surface area (TPSA) is 124 Å². The molecule has 2 aliphatic carbocycles. The lowest BCUT2D eigenvalue weighted by Crippen LogP contribution is -2.43. The zero-order chi connectivity index (χ0) is 24.5. The molecule has 0 saturated carbocycles. The van der Waals surface area contributed by atoms with E-state index in [4.69, 9.17) is 9.84 Å². The van der Waals surface area contributed by atoms with Crippen molar-refractivity contribution in [3.63, 3.8) is 0 Å². The molecule has 188 valence electrons. The maximum atomic E-state index is 13.0. The van der Waals surface area contributed by atoms with Gasteiger partial charge in [-0.1, -0.05) is 51.8 Å². The molecule has 7 unspecified atom stereocenters. The Kier molecular flexibility index (Phi) is 11.1. The van der Waals surface area contributed by atoms with E-state index in [1.54, 1.807) is 0 Å². The van der Waals surface area contributed by atoms with Crippen LogP contribution in [0.25, 0.3) is 0 Å². The predicted octanol–water partition coefficient (Wildman–Crippen LogP) is 3.61. The van der Waals surface area contributed by atoms with Gasteiger partial charge in [0.15, 0.2) is 0 Å². The maximum Gasteiger partial charge on any atom is 0.309 e. The number of hydrogen-bond acceptors (Lipinski definition) is 6. The summed E-state index contributed by atoms with van der Waals surface area (Å²) >= 11 is 0. The first kappa shape index (κ1) is 27.5. The Labute approximate surface area is 197 Å². The van der Waals surface area contributed by atoms with E-state index in [2.05, 4.69) is 26.8 Å². The maximum absolute atomic E-state index is 13.0. The Hall–Kier alpha value is -1.70. The highest BCUT2D eigenvalue weighted by atomic mass is 16.5. The number of carboxylic acid groups (broad SMARTS) is 1. The van der Waals surface area contributed by atoms with Gasteiger partial charge in [-0.05, 0) is 49.5 Å². The number of ether oxygens (including phenoxy) is 1. The lowest BCUT2D eigenvalue weighted by Gasteiger charge is -2.43. The van der Waals surface area contributed by atoms with Crippen molar-refractivity contribution in [1.82, 2.24) is 0 Å². The molecule has 33 heavy (non-hydrogen) atoms. The Morgan fingerprint density at radius 3 is 2.39 bits per heavy atom. The summed E-state index contributed by atoms with van der Waals surface area (Å²) in [5.74, 6) is -1.16. The number of carbonyl (C=O) groups excluding carboxylic acids is 1. The second-order valence-electron chi connectivity index (χ2n) is 9.85. The van der Waals surface area contributed by atoms with E-state index in [9.17, 15) is 24.9 Å². The van der Waals surface area contributed by atoms with Gasteiger partial charge in [-0.25, -0.2) is 0 Å². The quantitative estimate of drug-likeness (QED) is 0.306. The Bertz CT molecular complexity index is 695. The van der Waals surface area contributed by atoms with Crippen molar-refractivity contribution in [3.8, 4) is 0 Å². The molecule has 7 nitrogen and oxygen atoms in total. The molecule has 2 rings (SSSR count). The summed E-state index contributed by atoms with van der Waals surface area (Å²) in [6.07, 6.45) is 7.43. The molecular formula is C26H42O7. The van der Waals surface area contributed by atoms with Crippen molar-refractivity contribution >= 4 is 11.9 Å². The van der Waals surface area contributed by atoms with Crippen molar-refractivity contribution in [2.45, 2.75) is 103 Å². The van der Waals surface area contributed by atoms with Gasteiger partial charge in [0, 0.05) is 12.3 Å². The Morgan fingerprint density at radius 1 is 1.12 bits per heavy atom. The summed E-state index contributed by atoms with van der Waals surface area (Å²) in [6, 6.07) is 0. The SMILES string of the molecule is CCCC(CCC)C(=O)OC1CC(O)C=C2C=CC(C)C(CCC(O)CC(O)CC(=O)O)C21. The van der Waals surface area contributed by atoms with Crippen LogP contribution >= 0.6 is 0 Å². The van der Waals surface area contributed by atoms with Gasteiger partial charge in [0.25, 0.3) is 0 Å². The molecule has 4 N–H and O–H groups in total. The minimum Gasteiger partial charge on any atom is -0.481 e. The lowest BCUT2D eigenvalue weighted by atomic mass is 9.66. The fourth-order valence-electron chi connectivity index (χ4n) is 5.41. The number of carboxylic acids is 1. The highest BCUT2D eigenvalue weighted by Gasteiger charge is 2.42. The minimum atomic E-state index is -1.09. The van der Waals surface area contributed by atoms with Gasteiger partial charge in [0.1, 0.15) is 6.10 Å². The molecule has 0 aromatic heterocycles. The van der Waals surface area contributed by atoms with E-state index < -0.39 is 30.4 Å². The van der Waals surface area contributed by atoms with E-state index >= 15 is 0 Å². The third-order valence-electron chi connectivity index (χ3n) is 7.04. The smallest absolute Gasteiger partial charge is 0.309 e. The average Bonchev–Trinajstić information content (AvgIpc) is 2.72. The number of aliphatic hydroxyl groups excluding tert-OH is 3. The second kappa shape index (κ2) is 13.3. The third kappa shape index (κ3) is 8.23. The summed E-state index contributed by atoms with van der Waals surface area (Å²) in [5, 5.41) is 39.4. The molecule has 0 amide bonds. The predicted molar refractivity (Wildman–Crippen MR) is 125 cm³/mol. The monoisotopic (exact) mass is 466 g/mol. The first-order valence-corrected chi connectivity index (χ1v) is 12.5. The highest BCUT2D eigenvalue weighted by molar-refractivity contribution is 5.72. The number of rotatable bonds is 13. The van der Waals surface area contributed by atoms with E-state index in [1.165, 1.54) is 0 Å². The number of fused-ring (bicyclic) bond motifs is 1. The zero-order valence-electron chi connectivity index (χ0n) is 20.2. The van der Waals surface area contributed by atoms with Crippen LogP contribution in [-0.4, -0.2) is 56.8 Å². The fourth-order valence-corrected chi connectivity index (χ4v) is 5.41. The largest absolute Gasteiger partial charge is 0.481 e. The van der Waals surface area contributed by atoms with E-state index in [-0.39, 0.29) is 42.5 Å². The van der Waals surface area contributed by atoms with Crippen LogP contribution in [0, 0.1) is 23.7 Å². The van der Waals surface area contributed by atoms with Gasteiger partial charge in [-0.3, -0.25) is 9.59 Å². The van der Waals surface area contributed by atoms with Gasteiger partial charge in [0.05, 0.1) is 30.7 Å². The molecule has 0 fully saturated rings. The number of aliphatic carboxylic acids is 1. The Morgan fingerprint density at radius 2 is 1.79 bits per heavy atom. The van der Waals surface area contributed by atoms with Crippen molar-refractivity contribution in [1.29, 1.82) is 0 Å². The van der Waals surface area contributed by atoms with Gasteiger partial charge in [-0.2, -0.15) is 0 Å². The minimum absolute atomic E-state index is 0.0173. The first-order valence-electron chi connectivity index (χ1n) is 12.5. The summed E-state index contributed by atoms with van der Waals surface area (Å²) in [4.78, 5) is 23.7. The summed E-state index contributed by atoms with van der Waals surface area (Å²) < 4.78 is 6.05. The van der Waals surface area contributed by atoms with Gasteiger partial charge in [0.2, 0.25) is 0 Å². The number of carbonyl (C=O) groups is 2. The van der Waals surface area contributed by atoms with Gasteiger partial charge in [-0.15, -0.1) is 0 Å². The van der Waals surface area contributed by atoms with Crippen molar-refractivity contribution in [2.75, 3.05) is 0 Å². The van der Waals surface area contributed by atoms with Crippen LogP contribution in [0.1, 0.15) is 78.6 Å². The van der Waals surface area contributed by atoms with Crippen LogP contribution in [0.15, 0.2) is 23.8 Å². The molecule has 0 aromatic rings. The van der Waals surface area contributed by atoms with Gasteiger partial charge < -0.3 is 25.2 Å². The standard InChI is InChI=1S/C26H42O7/c1-4-6-17(7-5-2)26(32)33-23-14-20(28)12-18-9-8-16(3)22(25(18)23)11-10-19(27)13-21(29)15-24(30)31/h8-9,12,16-17,19-23,25,27-29H,4-7,10-11,13-15H2,1-3H3,(H,30,31). The molecule has 0 radical (unpaired) electrons. The number of aliphatic hydroxyl groups is 3. The van der Waals surface area contributed by atoms with Crippen molar-refractivity contribution < 1.29 is 34.8 Å². The van der Waals surface area contributed by atoms with E-state index in [0.717, 1.165) is 31.3 Å². The van der Waals surface area contributed by atoms with Crippen LogP contribution in [0.4, 0.5) is 0 Å². The summed E-state index contributed by atoms with van der Waals surface area (Å²) in [7, 11) is 0. The molecule has 7 atom stereocenters. The van der Waals surface area contributed by atoms with Gasteiger partial charge >= 0.3 is 11.9 Å². The zero-order valence-corrected chi connectivity index (χ0v) is 20.2. The van der Waals surface area contributed by atoms with Crippen LogP contribution in [0.5, 0.6) is 0 Å². The number of hydrogen-bond donors (Lipinski definition) is 4. The summed E-state index contributed by atoms with van der Waals surface area (Å²) in [6.45, 7) is 6.22. The van der Waals surface area contributed by atoms with Crippen LogP contribution in [0.3, 0.4) is 0 Å². The molecule has 0 heterocycles. The molecule has 0 saturated heterocycles. The lowest BCUT2D eigenvalue weighted by molar-refractivity contribution is -0.160. The summed E-state index contributed by atoms with van der Waals surface area (Å²) in [5.41, 5.74) is 0.970. The van der Waals surface area contributed by atoms with E-state index in [0.29, 0.717) is 19.3 Å². The number of esters is 1. The molecule has 0 bridgehead atoms. The number of allylic oxidation sites excluding steroid dienone is 2. The molecule has 2 aliphatic rings. The third-order valence-corrected chi connectivity index (χ3v) is 7.04. The average molecular weight is 467 g/mol. The highest BCUT2D eigenvalue weighted by Crippen LogP contribution is 2.44.